The van der Waals surface area contributed by atoms with Gasteiger partial charge in [-0.05, 0) is 86.3 Å². The highest BCUT2D eigenvalue weighted by atomic mass is 79.9. The largest absolute Gasteiger partial charge is 0.319 e. The van der Waals surface area contributed by atoms with E-state index >= 15 is 0 Å². The molecule has 0 saturated heterocycles. The molecule has 2 rings (SSSR count). The van der Waals surface area contributed by atoms with Crippen LogP contribution in [0.25, 0.3) is 0 Å². The number of hydrogen-bond donors (Lipinski definition) is 1. The summed E-state index contributed by atoms with van der Waals surface area (Å²) in [5, 5.41) is 8.05. The van der Waals surface area contributed by atoms with Crippen LogP contribution < -0.4 is 5.32 Å². The molecule has 2 unspecified atom stereocenters. The van der Waals surface area contributed by atoms with E-state index in [1.165, 1.54) is 29.4 Å². The van der Waals surface area contributed by atoms with Gasteiger partial charge in [-0.3, -0.25) is 4.68 Å². The minimum atomic E-state index is 0.480. The lowest BCUT2D eigenvalue weighted by molar-refractivity contribution is 0.115. The van der Waals surface area contributed by atoms with Gasteiger partial charge in [0.1, 0.15) is 0 Å². The van der Waals surface area contributed by atoms with Crippen molar-refractivity contribution in [1.82, 2.24) is 15.1 Å². The van der Waals surface area contributed by atoms with Crippen molar-refractivity contribution < 1.29 is 0 Å². The van der Waals surface area contributed by atoms with E-state index < -0.39 is 0 Å². The van der Waals surface area contributed by atoms with Crippen LogP contribution in [0.3, 0.4) is 0 Å². The second-order valence-electron chi connectivity index (χ2n) is 7.35. The molecule has 1 saturated carbocycles. The van der Waals surface area contributed by atoms with E-state index in [1.807, 2.05) is 0 Å². The van der Waals surface area contributed by atoms with Gasteiger partial charge in [0.2, 0.25) is 0 Å². The molecule has 1 aromatic heterocycles. The number of hydrogen-bond acceptors (Lipinski definition) is 2. The zero-order valence-corrected chi connectivity index (χ0v) is 15.8. The summed E-state index contributed by atoms with van der Waals surface area (Å²) in [6.45, 7) is 11.2. The minimum absolute atomic E-state index is 0.480. The Kier molecular flexibility index (Phi) is 5.53. The van der Waals surface area contributed by atoms with Gasteiger partial charge in [0, 0.05) is 6.54 Å². The Balaban J connectivity index is 2.21. The molecule has 0 bridgehead atoms. The maximum absolute atomic E-state index is 4.66. The molecule has 0 spiro atoms. The van der Waals surface area contributed by atoms with E-state index in [4.69, 9.17) is 0 Å². The Morgan fingerprint density at radius 3 is 2.71 bits per heavy atom. The fourth-order valence-electron chi connectivity index (χ4n) is 3.87. The molecule has 1 heterocycles. The average Bonchev–Trinajstić information content (AvgIpc) is 2.69. The molecule has 21 heavy (non-hydrogen) atoms. The van der Waals surface area contributed by atoms with Crippen LogP contribution in [0.15, 0.2) is 4.47 Å². The number of aromatic nitrogens is 2. The quantitative estimate of drug-likeness (QED) is 0.858. The van der Waals surface area contributed by atoms with Crippen molar-refractivity contribution in [3.63, 3.8) is 0 Å². The zero-order chi connectivity index (χ0) is 15.6. The molecule has 0 aliphatic heterocycles. The summed E-state index contributed by atoms with van der Waals surface area (Å²) in [5.74, 6) is 1.54. The van der Waals surface area contributed by atoms with Crippen molar-refractivity contribution in [2.24, 2.45) is 17.3 Å². The van der Waals surface area contributed by atoms with Gasteiger partial charge in [0.25, 0.3) is 0 Å². The zero-order valence-electron chi connectivity index (χ0n) is 14.2. The summed E-state index contributed by atoms with van der Waals surface area (Å²) in [6.07, 6.45) is 5.16. The summed E-state index contributed by atoms with van der Waals surface area (Å²) in [7, 11) is 2.08. The van der Waals surface area contributed by atoms with Crippen molar-refractivity contribution in [2.75, 3.05) is 13.6 Å². The molecule has 1 fully saturated rings. The Bertz CT molecular complexity index is 479. The summed E-state index contributed by atoms with van der Waals surface area (Å²) in [4.78, 5) is 0. The summed E-state index contributed by atoms with van der Waals surface area (Å²) in [5.41, 5.74) is 2.99. The predicted molar refractivity (Wildman–Crippen MR) is 92.6 cm³/mol. The molecule has 0 aromatic carbocycles. The van der Waals surface area contributed by atoms with E-state index in [9.17, 15) is 0 Å². The molecule has 1 aromatic rings. The van der Waals surface area contributed by atoms with Crippen molar-refractivity contribution in [2.45, 2.75) is 59.9 Å². The molecule has 120 valence electrons. The average molecular weight is 356 g/mol. The highest BCUT2D eigenvalue weighted by Crippen LogP contribution is 2.43. The first-order valence-electron chi connectivity index (χ1n) is 8.24. The molecule has 1 N–H and O–H groups in total. The van der Waals surface area contributed by atoms with Crippen molar-refractivity contribution in [3.05, 3.63) is 15.9 Å². The van der Waals surface area contributed by atoms with Gasteiger partial charge in [0.15, 0.2) is 0 Å². The van der Waals surface area contributed by atoms with Crippen molar-refractivity contribution in [1.29, 1.82) is 0 Å². The van der Waals surface area contributed by atoms with E-state index in [0.717, 1.165) is 37.0 Å². The van der Waals surface area contributed by atoms with Crippen LogP contribution in [0, 0.1) is 24.2 Å². The standard InChI is InChI=1S/C17H30BrN3/c1-6-21-15(16(18)12(2)20-21)9-14-10-17(3,4)8-7-13(14)11-19-5/h13-14,19H,6-11H2,1-5H3. The Morgan fingerprint density at radius 2 is 2.10 bits per heavy atom. The first kappa shape index (κ1) is 17.0. The van der Waals surface area contributed by atoms with Crippen LogP contribution in [-0.4, -0.2) is 23.4 Å². The van der Waals surface area contributed by atoms with Gasteiger partial charge in [0.05, 0.1) is 15.9 Å². The molecular formula is C17H30BrN3. The first-order valence-corrected chi connectivity index (χ1v) is 9.03. The molecule has 3 nitrogen and oxygen atoms in total. The lowest BCUT2D eigenvalue weighted by atomic mass is 9.66. The minimum Gasteiger partial charge on any atom is -0.319 e. The van der Waals surface area contributed by atoms with Crippen LogP contribution in [0.5, 0.6) is 0 Å². The number of rotatable bonds is 5. The maximum atomic E-state index is 4.66. The van der Waals surface area contributed by atoms with Crippen LogP contribution in [0.4, 0.5) is 0 Å². The van der Waals surface area contributed by atoms with Gasteiger partial charge >= 0.3 is 0 Å². The SMILES string of the molecule is CCn1nc(C)c(Br)c1CC1CC(C)(C)CCC1CNC. The third-order valence-corrected chi connectivity index (χ3v) is 6.08. The van der Waals surface area contributed by atoms with Crippen LogP contribution in [-0.2, 0) is 13.0 Å². The van der Waals surface area contributed by atoms with E-state index in [2.05, 4.69) is 65.8 Å². The van der Waals surface area contributed by atoms with Crippen molar-refractivity contribution >= 4 is 15.9 Å². The fourth-order valence-corrected chi connectivity index (χ4v) is 4.32. The number of halogens is 1. The topological polar surface area (TPSA) is 29.9 Å². The van der Waals surface area contributed by atoms with Gasteiger partial charge in [-0.15, -0.1) is 0 Å². The molecule has 4 heteroatoms. The lowest BCUT2D eigenvalue weighted by Crippen LogP contribution is -2.36. The molecule has 2 atom stereocenters. The highest BCUT2D eigenvalue weighted by Gasteiger charge is 2.35. The van der Waals surface area contributed by atoms with Crippen LogP contribution in [0.1, 0.15) is 51.4 Å². The van der Waals surface area contributed by atoms with E-state index in [0.29, 0.717) is 5.41 Å². The lowest BCUT2D eigenvalue weighted by Gasteiger charge is -2.41. The van der Waals surface area contributed by atoms with Crippen molar-refractivity contribution in [3.8, 4) is 0 Å². The maximum Gasteiger partial charge on any atom is 0.0738 e. The summed E-state index contributed by atoms with van der Waals surface area (Å²) >= 11 is 3.76. The summed E-state index contributed by atoms with van der Waals surface area (Å²) in [6, 6.07) is 0. The normalized spacial score (nSPS) is 25.2. The number of nitrogens with zero attached hydrogens (tertiary/aromatic N) is 2. The molecule has 1 aliphatic carbocycles. The Morgan fingerprint density at radius 1 is 1.38 bits per heavy atom. The van der Waals surface area contributed by atoms with E-state index in [-0.39, 0.29) is 0 Å². The summed E-state index contributed by atoms with van der Waals surface area (Å²) < 4.78 is 3.40. The third-order valence-electron chi connectivity index (χ3n) is 5.05. The first-order chi connectivity index (χ1) is 9.88. The van der Waals surface area contributed by atoms with Gasteiger partial charge in [-0.25, -0.2) is 0 Å². The second-order valence-corrected chi connectivity index (χ2v) is 8.14. The monoisotopic (exact) mass is 355 g/mol. The molecule has 0 radical (unpaired) electrons. The van der Waals surface area contributed by atoms with Crippen LogP contribution in [0.2, 0.25) is 0 Å². The number of nitrogens with one attached hydrogen (secondary N) is 1. The Labute approximate surface area is 138 Å². The highest BCUT2D eigenvalue weighted by molar-refractivity contribution is 9.10. The van der Waals surface area contributed by atoms with Gasteiger partial charge in [-0.2, -0.15) is 5.10 Å². The predicted octanol–water partition coefficient (Wildman–Crippen LogP) is 4.18. The number of aryl methyl sites for hydroxylation is 2. The van der Waals surface area contributed by atoms with E-state index in [1.54, 1.807) is 0 Å². The van der Waals surface area contributed by atoms with Gasteiger partial charge in [-0.1, -0.05) is 13.8 Å². The second kappa shape index (κ2) is 6.82. The molecule has 1 aliphatic rings. The fraction of sp³-hybridized carbons (Fsp3) is 0.824. The third kappa shape index (κ3) is 3.89. The Hall–Kier alpha value is -0.350. The molecular weight excluding hydrogens is 326 g/mol. The smallest absolute Gasteiger partial charge is 0.0738 e. The van der Waals surface area contributed by atoms with Crippen LogP contribution >= 0.6 is 15.9 Å². The molecule has 0 amide bonds. The van der Waals surface area contributed by atoms with Gasteiger partial charge < -0.3 is 5.32 Å².